The summed E-state index contributed by atoms with van der Waals surface area (Å²) in [6.07, 6.45) is 6.70. The van der Waals surface area contributed by atoms with Gasteiger partial charge in [-0.3, -0.25) is 4.79 Å². The summed E-state index contributed by atoms with van der Waals surface area (Å²) in [6, 6.07) is 1.66. The largest absolute Gasteiger partial charge is 0.393 e. The van der Waals surface area contributed by atoms with Crippen molar-refractivity contribution in [3.05, 3.63) is 23.8 Å². The molecule has 0 spiro atoms. The second kappa shape index (κ2) is 7.50. The van der Waals surface area contributed by atoms with E-state index in [2.05, 4.69) is 15.3 Å². The molecule has 2 N–H and O–H groups in total. The van der Waals surface area contributed by atoms with Crippen molar-refractivity contribution in [1.82, 2.24) is 15.3 Å². The zero-order valence-electron chi connectivity index (χ0n) is 12.9. The fourth-order valence-electron chi connectivity index (χ4n) is 2.90. The van der Waals surface area contributed by atoms with Gasteiger partial charge in [-0.15, -0.1) is 0 Å². The average Bonchev–Trinajstić information content (AvgIpc) is 2.98. The quantitative estimate of drug-likeness (QED) is 0.843. The molecule has 0 radical (unpaired) electrons. The molecule has 1 aliphatic rings. The predicted molar refractivity (Wildman–Crippen MR) is 81.0 cm³/mol. The SMILES string of the molecule is CC(O)CC(C)CNC(=O)c1ccnc(C2CCCC2)n1. The van der Waals surface area contributed by atoms with Crippen molar-refractivity contribution >= 4 is 5.91 Å². The van der Waals surface area contributed by atoms with E-state index in [4.69, 9.17) is 0 Å². The van der Waals surface area contributed by atoms with Gasteiger partial charge in [0.25, 0.3) is 5.91 Å². The Kier molecular flexibility index (Phi) is 5.67. The number of hydrogen-bond donors (Lipinski definition) is 2. The van der Waals surface area contributed by atoms with Crippen molar-refractivity contribution in [2.45, 2.75) is 58.0 Å². The van der Waals surface area contributed by atoms with Crippen LogP contribution in [0.5, 0.6) is 0 Å². The van der Waals surface area contributed by atoms with Crippen molar-refractivity contribution in [1.29, 1.82) is 0 Å². The highest BCUT2D eigenvalue weighted by Crippen LogP contribution is 2.31. The van der Waals surface area contributed by atoms with Crippen LogP contribution < -0.4 is 5.32 Å². The highest BCUT2D eigenvalue weighted by molar-refractivity contribution is 5.92. The first-order valence-corrected chi connectivity index (χ1v) is 7.85. The van der Waals surface area contributed by atoms with Crippen LogP contribution in [0.2, 0.25) is 0 Å². The van der Waals surface area contributed by atoms with Crippen molar-refractivity contribution in [3.63, 3.8) is 0 Å². The number of aromatic nitrogens is 2. The van der Waals surface area contributed by atoms with Gasteiger partial charge in [-0.2, -0.15) is 0 Å². The van der Waals surface area contributed by atoms with Gasteiger partial charge in [0.15, 0.2) is 0 Å². The molecule has 2 unspecified atom stereocenters. The van der Waals surface area contributed by atoms with Crippen LogP contribution >= 0.6 is 0 Å². The highest BCUT2D eigenvalue weighted by Gasteiger charge is 2.21. The summed E-state index contributed by atoms with van der Waals surface area (Å²) in [7, 11) is 0. The van der Waals surface area contributed by atoms with E-state index in [9.17, 15) is 9.90 Å². The van der Waals surface area contributed by atoms with Gasteiger partial charge in [-0.05, 0) is 38.2 Å². The second-order valence-corrected chi connectivity index (χ2v) is 6.18. The van der Waals surface area contributed by atoms with Gasteiger partial charge in [0, 0.05) is 18.7 Å². The van der Waals surface area contributed by atoms with E-state index in [1.165, 1.54) is 12.8 Å². The lowest BCUT2D eigenvalue weighted by Gasteiger charge is -2.14. The topological polar surface area (TPSA) is 75.1 Å². The van der Waals surface area contributed by atoms with Crippen LogP contribution in [0.4, 0.5) is 0 Å². The molecule has 1 aromatic rings. The molecular formula is C16H25N3O2. The number of aliphatic hydroxyl groups excluding tert-OH is 1. The Bertz CT molecular complexity index is 470. The summed E-state index contributed by atoms with van der Waals surface area (Å²) < 4.78 is 0. The molecule has 1 heterocycles. The first-order valence-electron chi connectivity index (χ1n) is 7.85. The number of rotatable bonds is 6. The normalized spacial score (nSPS) is 18.4. The standard InChI is InChI=1S/C16H25N3O2/c1-11(9-12(2)20)10-18-16(21)14-7-8-17-15(19-14)13-5-3-4-6-13/h7-8,11-13,20H,3-6,9-10H2,1-2H3,(H,18,21). The van der Waals surface area contributed by atoms with Crippen LogP contribution in [-0.2, 0) is 0 Å². The monoisotopic (exact) mass is 291 g/mol. The van der Waals surface area contributed by atoms with Crippen LogP contribution in [0, 0.1) is 5.92 Å². The molecule has 5 nitrogen and oxygen atoms in total. The van der Waals surface area contributed by atoms with Gasteiger partial charge < -0.3 is 10.4 Å². The summed E-state index contributed by atoms with van der Waals surface area (Å²) in [6.45, 7) is 4.32. The lowest BCUT2D eigenvalue weighted by molar-refractivity contribution is 0.0934. The summed E-state index contributed by atoms with van der Waals surface area (Å²) in [4.78, 5) is 20.9. The van der Waals surface area contributed by atoms with Gasteiger partial charge in [0.1, 0.15) is 11.5 Å². The maximum absolute atomic E-state index is 12.1. The molecule has 1 aromatic heterocycles. The minimum atomic E-state index is -0.343. The summed E-state index contributed by atoms with van der Waals surface area (Å²) in [5.74, 6) is 1.29. The van der Waals surface area contributed by atoms with E-state index in [1.807, 2.05) is 6.92 Å². The molecular weight excluding hydrogens is 266 g/mol. The molecule has 2 rings (SSSR count). The van der Waals surface area contributed by atoms with Crippen LogP contribution in [0.3, 0.4) is 0 Å². The Labute approximate surface area is 126 Å². The lowest BCUT2D eigenvalue weighted by atomic mass is 10.0. The maximum Gasteiger partial charge on any atom is 0.270 e. The number of hydrogen-bond acceptors (Lipinski definition) is 4. The van der Waals surface area contributed by atoms with Crippen molar-refractivity contribution < 1.29 is 9.90 Å². The minimum Gasteiger partial charge on any atom is -0.393 e. The van der Waals surface area contributed by atoms with Crippen LogP contribution in [0.1, 0.15) is 68.2 Å². The molecule has 1 saturated carbocycles. The zero-order chi connectivity index (χ0) is 15.2. The number of nitrogens with one attached hydrogen (secondary N) is 1. The number of nitrogens with zero attached hydrogens (tertiary/aromatic N) is 2. The van der Waals surface area contributed by atoms with Crippen LogP contribution in [-0.4, -0.2) is 33.6 Å². The summed E-state index contributed by atoms with van der Waals surface area (Å²) in [5.41, 5.74) is 0.441. The maximum atomic E-state index is 12.1. The third kappa shape index (κ3) is 4.77. The number of aliphatic hydroxyl groups is 1. The van der Waals surface area contributed by atoms with Crippen molar-refractivity contribution in [2.75, 3.05) is 6.54 Å². The van der Waals surface area contributed by atoms with E-state index in [-0.39, 0.29) is 17.9 Å². The third-order valence-corrected chi connectivity index (χ3v) is 3.98. The first-order chi connectivity index (χ1) is 10.1. The second-order valence-electron chi connectivity index (χ2n) is 6.18. The number of carbonyl (C=O) groups excluding carboxylic acids is 1. The molecule has 1 amide bonds. The van der Waals surface area contributed by atoms with Gasteiger partial charge >= 0.3 is 0 Å². The first kappa shape index (κ1) is 15.9. The molecule has 116 valence electrons. The Morgan fingerprint density at radius 3 is 2.81 bits per heavy atom. The Hall–Kier alpha value is -1.49. The van der Waals surface area contributed by atoms with E-state index < -0.39 is 0 Å². The smallest absolute Gasteiger partial charge is 0.270 e. The number of amides is 1. The molecule has 0 bridgehead atoms. The summed E-state index contributed by atoms with van der Waals surface area (Å²) >= 11 is 0. The highest BCUT2D eigenvalue weighted by atomic mass is 16.3. The average molecular weight is 291 g/mol. The molecule has 0 aromatic carbocycles. The minimum absolute atomic E-state index is 0.158. The van der Waals surface area contributed by atoms with Crippen molar-refractivity contribution in [3.8, 4) is 0 Å². The fourth-order valence-corrected chi connectivity index (χ4v) is 2.90. The van der Waals surface area contributed by atoms with E-state index in [0.29, 0.717) is 24.6 Å². The third-order valence-electron chi connectivity index (χ3n) is 3.98. The Morgan fingerprint density at radius 1 is 1.43 bits per heavy atom. The van der Waals surface area contributed by atoms with Gasteiger partial charge in [-0.1, -0.05) is 19.8 Å². The molecule has 2 atom stereocenters. The Balaban J connectivity index is 1.91. The molecule has 5 heteroatoms. The van der Waals surface area contributed by atoms with E-state index in [1.54, 1.807) is 19.2 Å². The molecule has 21 heavy (non-hydrogen) atoms. The van der Waals surface area contributed by atoms with E-state index >= 15 is 0 Å². The molecule has 1 aliphatic carbocycles. The lowest BCUT2D eigenvalue weighted by Crippen LogP contribution is -2.30. The van der Waals surface area contributed by atoms with Gasteiger partial charge in [-0.25, -0.2) is 9.97 Å². The summed E-state index contributed by atoms with van der Waals surface area (Å²) in [5, 5.41) is 12.2. The van der Waals surface area contributed by atoms with Crippen molar-refractivity contribution in [2.24, 2.45) is 5.92 Å². The zero-order valence-corrected chi connectivity index (χ0v) is 12.9. The predicted octanol–water partition coefficient (Wildman–Crippen LogP) is 2.27. The Morgan fingerprint density at radius 2 is 2.14 bits per heavy atom. The van der Waals surface area contributed by atoms with Gasteiger partial charge in [0.05, 0.1) is 6.10 Å². The van der Waals surface area contributed by atoms with Crippen LogP contribution in [0.25, 0.3) is 0 Å². The van der Waals surface area contributed by atoms with E-state index in [0.717, 1.165) is 18.7 Å². The number of carbonyl (C=O) groups is 1. The molecule has 0 saturated heterocycles. The molecule has 0 aliphatic heterocycles. The fraction of sp³-hybridized carbons (Fsp3) is 0.688. The van der Waals surface area contributed by atoms with Gasteiger partial charge in [0.2, 0.25) is 0 Å². The van der Waals surface area contributed by atoms with Crippen LogP contribution in [0.15, 0.2) is 12.3 Å². The molecule has 1 fully saturated rings.